The molecule has 1 atom stereocenters. The Labute approximate surface area is 102 Å². The van der Waals surface area contributed by atoms with Gasteiger partial charge in [-0.25, -0.2) is 4.98 Å². The molecule has 1 aromatic heterocycles. The Morgan fingerprint density at radius 1 is 1.65 bits per heavy atom. The number of rotatable bonds is 7. The molecule has 1 fully saturated rings. The monoisotopic (exact) mass is 239 g/mol. The van der Waals surface area contributed by atoms with E-state index in [0.717, 1.165) is 45.1 Å². The largest absolute Gasteiger partial charge is 0.383 e. The van der Waals surface area contributed by atoms with Gasteiger partial charge in [-0.2, -0.15) is 0 Å². The van der Waals surface area contributed by atoms with Crippen LogP contribution in [0.1, 0.15) is 18.7 Å². The number of nitrogens with one attached hydrogen (secondary N) is 1. The van der Waals surface area contributed by atoms with E-state index < -0.39 is 0 Å². The van der Waals surface area contributed by atoms with E-state index in [1.54, 1.807) is 7.11 Å². The second-order valence-electron chi connectivity index (χ2n) is 4.30. The van der Waals surface area contributed by atoms with Gasteiger partial charge in [-0.1, -0.05) is 0 Å². The molecule has 96 valence electrons. The van der Waals surface area contributed by atoms with Crippen molar-refractivity contribution in [3.63, 3.8) is 0 Å². The molecule has 1 aromatic rings. The van der Waals surface area contributed by atoms with Crippen molar-refractivity contribution < 1.29 is 9.47 Å². The number of hydrogen-bond donors (Lipinski definition) is 1. The number of hydrogen-bond acceptors (Lipinski definition) is 4. The Morgan fingerprint density at radius 2 is 2.59 bits per heavy atom. The Balaban J connectivity index is 1.79. The van der Waals surface area contributed by atoms with Crippen molar-refractivity contribution in [2.24, 2.45) is 0 Å². The maximum atomic E-state index is 5.64. The smallest absolute Gasteiger partial charge is 0.122 e. The highest BCUT2D eigenvalue weighted by Crippen LogP contribution is 2.14. The molecule has 1 saturated heterocycles. The minimum Gasteiger partial charge on any atom is -0.383 e. The SMILES string of the molecule is COCCNCc1nccn1CC1CCCO1. The Hall–Kier alpha value is -0.910. The Bertz CT molecular complexity index is 321. The van der Waals surface area contributed by atoms with E-state index in [2.05, 4.69) is 14.9 Å². The van der Waals surface area contributed by atoms with Crippen LogP contribution in [0, 0.1) is 0 Å². The molecule has 17 heavy (non-hydrogen) atoms. The van der Waals surface area contributed by atoms with E-state index in [1.807, 2.05) is 12.4 Å². The number of nitrogens with zero attached hydrogens (tertiary/aromatic N) is 2. The first-order valence-electron chi connectivity index (χ1n) is 6.21. The van der Waals surface area contributed by atoms with Crippen molar-refractivity contribution in [2.45, 2.75) is 32.0 Å². The van der Waals surface area contributed by atoms with Crippen LogP contribution in [0.2, 0.25) is 0 Å². The summed E-state index contributed by atoms with van der Waals surface area (Å²) in [5.41, 5.74) is 0. The van der Waals surface area contributed by atoms with Gasteiger partial charge in [0.25, 0.3) is 0 Å². The first-order valence-corrected chi connectivity index (χ1v) is 6.21. The van der Waals surface area contributed by atoms with Gasteiger partial charge < -0.3 is 19.4 Å². The number of ether oxygens (including phenoxy) is 2. The Morgan fingerprint density at radius 3 is 3.35 bits per heavy atom. The second kappa shape index (κ2) is 6.74. The lowest BCUT2D eigenvalue weighted by atomic mass is 10.2. The van der Waals surface area contributed by atoms with Gasteiger partial charge in [-0.05, 0) is 12.8 Å². The molecular formula is C12H21N3O2. The van der Waals surface area contributed by atoms with Crippen molar-refractivity contribution in [2.75, 3.05) is 26.9 Å². The predicted molar refractivity (Wildman–Crippen MR) is 64.8 cm³/mol. The van der Waals surface area contributed by atoms with E-state index >= 15 is 0 Å². The maximum Gasteiger partial charge on any atom is 0.122 e. The Kier molecular flexibility index (Phi) is 4.97. The quantitative estimate of drug-likeness (QED) is 0.715. The molecule has 0 bridgehead atoms. The highest BCUT2D eigenvalue weighted by Gasteiger charge is 2.16. The highest BCUT2D eigenvalue weighted by atomic mass is 16.5. The molecule has 0 spiro atoms. The normalized spacial score (nSPS) is 19.9. The fourth-order valence-corrected chi connectivity index (χ4v) is 2.06. The number of aromatic nitrogens is 2. The van der Waals surface area contributed by atoms with Crippen LogP contribution in [0.3, 0.4) is 0 Å². The third-order valence-corrected chi connectivity index (χ3v) is 2.99. The second-order valence-corrected chi connectivity index (χ2v) is 4.30. The molecule has 1 N–H and O–H groups in total. The third kappa shape index (κ3) is 3.80. The lowest BCUT2D eigenvalue weighted by molar-refractivity contribution is 0.0961. The van der Waals surface area contributed by atoms with E-state index in [-0.39, 0.29) is 0 Å². The van der Waals surface area contributed by atoms with Crippen molar-refractivity contribution in [1.29, 1.82) is 0 Å². The molecule has 1 unspecified atom stereocenters. The zero-order valence-corrected chi connectivity index (χ0v) is 10.4. The summed E-state index contributed by atoms with van der Waals surface area (Å²) in [6.45, 7) is 4.18. The van der Waals surface area contributed by atoms with Crippen LogP contribution in [0.4, 0.5) is 0 Å². The maximum absolute atomic E-state index is 5.64. The van der Waals surface area contributed by atoms with Crippen LogP contribution in [-0.2, 0) is 22.6 Å². The van der Waals surface area contributed by atoms with Crippen LogP contribution in [-0.4, -0.2) is 42.5 Å². The van der Waals surface area contributed by atoms with Gasteiger partial charge in [0.15, 0.2) is 0 Å². The molecule has 0 amide bonds. The van der Waals surface area contributed by atoms with Gasteiger partial charge in [-0.15, -0.1) is 0 Å². The molecular weight excluding hydrogens is 218 g/mol. The standard InChI is InChI=1S/C12H21N3O2/c1-16-8-5-13-9-12-14-4-6-15(12)10-11-3-2-7-17-11/h4,6,11,13H,2-3,5,7-10H2,1H3. The van der Waals surface area contributed by atoms with Gasteiger partial charge in [-0.3, -0.25) is 0 Å². The summed E-state index contributed by atoms with van der Waals surface area (Å²) < 4.78 is 12.8. The lowest BCUT2D eigenvalue weighted by Gasteiger charge is -2.13. The van der Waals surface area contributed by atoms with Crippen LogP contribution in [0.25, 0.3) is 0 Å². The van der Waals surface area contributed by atoms with Gasteiger partial charge in [0, 0.05) is 32.7 Å². The zero-order chi connectivity index (χ0) is 11.9. The van der Waals surface area contributed by atoms with Crippen molar-refractivity contribution in [1.82, 2.24) is 14.9 Å². The van der Waals surface area contributed by atoms with E-state index in [0.29, 0.717) is 6.10 Å². The molecule has 1 aliphatic heterocycles. The molecule has 0 saturated carbocycles. The van der Waals surface area contributed by atoms with Crippen molar-refractivity contribution >= 4 is 0 Å². The lowest BCUT2D eigenvalue weighted by Crippen LogP contribution is -2.23. The van der Waals surface area contributed by atoms with Gasteiger partial charge in [0.2, 0.25) is 0 Å². The molecule has 5 nitrogen and oxygen atoms in total. The zero-order valence-electron chi connectivity index (χ0n) is 10.4. The molecule has 0 radical (unpaired) electrons. The van der Waals surface area contributed by atoms with E-state index in [9.17, 15) is 0 Å². The third-order valence-electron chi connectivity index (χ3n) is 2.99. The molecule has 1 aliphatic rings. The van der Waals surface area contributed by atoms with Crippen molar-refractivity contribution in [3.05, 3.63) is 18.2 Å². The van der Waals surface area contributed by atoms with Crippen LogP contribution in [0.5, 0.6) is 0 Å². The first-order chi connectivity index (χ1) is 8.40. The summed E-state index contributed by atoms with van der Waals surface area (Å²) in [5.74, 6) is 1.07. The summed E-state index contributed by atoms with van der Waals surface area (Å²) in [5, 5.41) is 3.30. The number of imidazole rings is 1. The molecule has 5 heteroatoms. The topological polar surface area (TPSA) is 48.3 Å². The first kappa shape index (κ1) is 12.5. The average Bonchev–Trinajstić information content (AvgIpc) is 2.97. The fraction of sp³-hybridized carbons (Fsp3) is 0.750. The summed E-state index contributed by atoms with van der Waals surface area (Å²) in [6, 6.07) is 0. The van der Waals surface area contributed by atoms with E-state index in [1.165, 1.54) is 6.42 Å². The van der Waals surface area contributed by atoms with Crippen LogP contribution < -0.4 is 5.32 Å². The molecule has 0 aliphatic carbocycles. The molecule has 2 heterocycles. The van der Waals surface area contributed by atoms with Crippen LogP contribution >= 0.6 is 0 Å². The summed E-state index contributed by atoms with van der Waals surface area (Å²) in [6.07, 6.45) is 6.58. The molecule has 2 rings (SSSR count). The average molecular weight is 239 g/mol. The highest BCUT2D eigenvalue weighted by molar-refractivity contribution is 4.93. The van der Waals surface area contributed by atoms with Crippen molar-refractivity contribution in [3.8, 4) is 0 Å². The predicted octanol–water partition coefficient (Wildman–Crippen LogP) is 0.798. The number of methoxy groups -OCH3 is 1. The molecule has 0 aromatic carbocycles. The van der Waals surface area contributed by atoms with E-state index in [4.69, 9.17) is 9.47 Å². The summed E-state index contributed by atoms with van der Waals surface area (Å²) >= 11 is 0. The minimum atomic E-state index is 0.363. The summed E-state index contributed by atoms with van der Waals surface area (Å²) in [4.78, 5) is 4.36. The minimum absolute atomic E-state index is 0.363. The van der Waals surface area contributed by atoms with Gasteiger partial charge in [0.1, 0.15) is 5.82 Å². The van der Waals surface area contributed by atoms with Gasteiger partial charge >= 0.3 is 0 Å². The fourth-order valence-electron chi connectivity index (χ4n) is 2.06. The van der Waals surface area contributed by atoms with Crippen LogP contribution in [0.15, 0.2) is 12.4 Å². The summed E-state index contributed by atoms with van der Waals surface area (Å²) in [7, 11) is 1.71. The van der Waals surface area contributed by atoms with Gasteiger partial charge in [0.05, 0.1) is 25.8 Å².